The van der Waals surface area contributed by atoms with Gasteiger partial charge in [-0.2, -0.15) is 0 Å². The zero-order valence-electron chi connectivity index (χ0n) is 12.4. The number of hydrogen-bond acceptors (Lipinski definition) is 2. The number of fused-ring (bicyclic) bond motifs is 1. The first-order valence-electron chi connectivity index (χ1n) is 7.79. The Hall–Kier alpha value is -1.32. The van der Waals surface area contributed by atoms with Crippen molar-refractivity contribution >= 4 is 10.9 Å². The van der Waals surface area contributed by atoms with Gasteiger partial charge < -0.3 is 10.3 Å². The molecule has 1 aliphatic rings. The van der Waals surface area contributed by atoms with Crippen molar-refractivity contribution in [2.75, 3.05) is 13.1 Å². The smallest absolute Gasteiger partial charge is 0.0483 e. The second kappa shape index (κ2) is 5.98. The molecule has 0 saturated carbocycles. The molecule has 1 fully saturated rings. The minimum absolute atomic E-state index is 0.619. The van der Waals surface area contributed by atoms with Crippen molar-refractivity contribution in [2.24, 2.45) is 12.8 Å². The Kier molecular flexibility index (Phi) is 4.08. The first-order valence-corrected chi connectivity index (χ1v) is 7.79. The maximum absolute atomic E-state index is 6.01. The van der Waals surface area contributed by atoms with Crippen LogP contribution in [-0.2, 0) is 20.1 Å². The van der Waals surface area contributed by atoms with Gasteiger partial charge in [-0.15, -0.1) is 0 Å². The normalized spacial score (nSPS) is 17.5. The number of likely N-dealkylation sites (tertiary alicyclic amines) is 1. The number of benzene rings is 1. The molecule has 1 aromatic carbocycles. The molecular weight excluding hydrogens is 246 g/mol. The molecule has 1 saturated heterocycles. The summed E-state index contributed by atoms with van der Waals surface area (Å²) in [6.45, 7) is 4.13. The number of para-hydroxylation sites is 1. The summed E-state index contributed by atoms with van der Waals surface area (Å²) in [6.07, 6.45) is 5.44. The number of rotatable bonds is 3. The zero-order chi connectivity index (χ0) is 13.9. The third kappa shape index (κ3) is 2.48. The van der Waals surface area contributed by atoms with Gasteiger partial charge in [-0.1, -0.05) is 31.0 Å². The highest BCUT2D eigenvalue weighted by atomic mass is 15.1. The van der Waals surface area contributed by atoms with Crippen LogP contribution in [0.5, 0.6) is 0 Å². The van der Waals surface area contributed by atoms with Gasteiger partial charge >= 0.3 is 0 Å². The number of nitrogens with zero attached hydrogens (tertiary/aromatic N) is 2. The molecule has 20 heavy (non-hydrogen) atoms. The maximum atomic E-state index is 6.01. The minimum Gasteiger partial charge on any atom is -0.346 e. The lowest BCUT2D eigenvalue weighted by molar-refractivity contribution is 0.277. The predicted molar refractivity (Wildman–Crippen MR) is 84.6 cm³/mol. The Morgan fingerprint density at radius 1 is 1.05 bits per heavy atom. The molecule has 0 spiro atoms. The average Bonchev–Trinajstić information content (AvgIpc) is 2.64. The van der Waals surface area contributed by atoms with Crippen molar-refractivity contribution in [3.63, 3.8) is 0 Å². The van der Waals surface area contributed by atoms with Crippen molar-refractivity contribution in [1.29, 1.82) is 0 Å². The van der Waals surface area contributed by atoms with E-state index in [4.69, 9.17) is 5.73 Å². The number of hydrogen-bond donors (Lipinski definition) is 1. The van der Waals surface area contributed by atoms with Crippen LogP contribution in [0.1, 0.15) is 36.9 Å². The first kappa shape index (κ1) is 13.7. The lowest BCUT2D eigenvalue weighted by Crippen LogP contribution is -2.25. The fourth-order valence-corrected chi connectivity index (χ4v) is 3.48. The molecule has 2 aromatic rings. The zero-order valence-corrected chi connectivity index (χ0v) is 12.4. The van der Waals surface area contributed by atoms with E-state index in [9.17, 15) is 0 Å². The molecule has 2 heterocycles. The summed E-state index contributed by atoms with van der Waals surface area (Å²) < 4.78 is 2.27. The highest BCUT2D eigenvalue weighted by Crippen LogP contribution is 2.27. The minimum atomic E-state index is 0.619. The van der Waals surface area contributed by atoms with Crippen LogP contribution < -0.4 is 5.73 Å². The first-order chi connectivity index (χ1) is 9.81. The molecule has 0 amide bonds. The van der Waals surface area contributed by atoms with E-state index in [1.165, 1.54) is 60.9 Å². The molecule has 2 N–H and O–H groups in total. The molecule has 0 bridgehead atoms. The Balaban J connectivity index is 1.97. The van der Waals surface area contributed by atoms with Crippen molar-refractivity contribution < 1.29 is 0 Å². The van der Waals surface area contributed by atoms with E-state index in [1.807, 2.05) is 0 Å². The second-order valence-corrected chi connectivity index (χ2v) is 5.90. The molecule has 0 unspecified atom stereocenters. The van der Waals surface area contributed by atoms with Gasteiger partial charge in [0.25, 0.3) is 0 Å². The van der Waals surface area contributed by atoms with Crippen LogP contribution in [0.15, 0.2) is 24.3 Å². The summed E-state index contributed by atoms with van der Waals surface area (Å²) in [4.78, 5) is 2.61. The third-order valence-electron chi connectivity index (χ3n) is 4.62. The van der Waals surface area contributed by atoms with Crippen LogP contribution in [0.3, 0.4) is 0 Å². The largest absolute Gasteiger partial charge is 0.346 e. The van der Waals surface area contributed by atoms with Crippen LogP contribution in [0.4, 0.5) is 0 Å². The molecule has 3 rings (SSSR count). The lowest BCUT2D eigenvalue weighted by Gasteiger charge is -2.20. The highest BCUT2D eigenvalue weighted by Gasteiger charge is 2.17. The van der Waals surface area contributed by atoms with Crippen molar-refractivity contribution in [1.82, 2.24) is 9.47 Å². The fourth-order valence-electron chi connectivity index (χ4n) is 3.48. The van der Waals surface area contributed by atoms with Gasteiger partial charge in [-0.3, -0.25) is 4.90 Å². The molecule has 3 heteroatoms. The van der Waals surface area contributed by atoms with Crippen molar-refractivity contribution in [2.45, 2.75) is 38.8 Å². The van der Waals surface area contributed by atoms with Crippen LogP contribution in [0.2, 0.25) is 0 Å². The Bertz CT molecular complexity index is 577. The Labute approximate surface area is 121 Å². The van der Waals surface area contributed by atoms with E-state index in [1.54, 1.807) is 0 Å². The van der Waals surface area contributed by atoms with Gasteiger partial charge in [0.15, 0.2) is 0 Å². The van der Waals surface area contributed by atoms with E-state index in [-0.39, 0.29) is 0 Å². The van der Waals surface area contributed by atoms with Crippen molar-refractivity contribution in [3.8, 4) is 0 Å². The van der Waals surface area contributed by atoms with E-state index >= 15 is 0 Å². The van der Waals surface area contributed by atoms with Gasteiger partial charge in [0.1, 0.15) is 0 Å². The summed E-state index contributed by atoms with van der Waals surface area (Å²) in [6, 6.07) is 8.68. The summed E-state index contributed by atoms with van der Waals surface area (Å²) in [5.74, 6) is 0. The van der Waals surface area contributed by atoms with Crippen LogP contribution >= 0.6 is 0 Å². The lowest BCUT2D eigenvalue weighted by atomic mass is 10.1. The van der Waals surface area contributed by atoms with Crippen LogP contribution in [0.25, 0.3) is 10.9 Å². The standard InChI is InChI=1S/C17H25N3/c1-19-16-9-5-4-8-14(16)15(17(19)12-18)13-20-10-6-2-3-7-11-20/h4-5,8-9H,2-3,6-7,10-13,18H2,1H3. The molecule has 108 valence electrons. The highest BCUT2D eigenvalue weighted by molar-refractivity contribution is 5.85. The summed E-state index contributed by atoms with van der Waals surface area (Å²) in [5.41, 5.74) is 10.0. The molecule has 0 atom stereocenters. The van der Waals surface area contributed by atoms with Gasteiger partial charge in [0.05, 0.1) is 0 Å². The van der Waals surface area contributed by atoms with E-state index < -0.39 is 0 Å². The SMILES string of the molecule is Cn1c(CN)c(CN2CCCCCC2)c2ccccc21. The summed E-state index contributed by atoms with van der Waals surface area (Å²) in [5, 5.41) is 1.37. The van der Waals surface area contributed by atoms with E-state index in [2.05, 4.69) is 40.8 Å². The second-order valence-electron chi connectivity index (χ2n) is 5.90. The predicted octanol–water partition coefficient (Wildman–Crippen LogP) is 3.01. The van der Waals surface area contributed by atoms with Gasteiger partial charge in [-0.25, -0.2) is 0 Å². The fraction of sp³-hybridized carbons (Fsp3) is 0.529. The molecular formula is C17H25N3. The Morgan fingerprint density at radius 3 is 2.45 bits per heavy atom. The van der Waals surface area contributed by atoms with Gasteiger partial charge in [0, 0.05) is 36.7 Å². The number of aromatic nitrogens is 1. The third-order valence-corrected chi connectivity index (χ3v) is 4.62. The average molecular weight is 271 g/mol. The summed E-state index contributed by atoms with van der Waals surface area (Å²) in [7, 11) is 2.14. The van der Waals surface area contributed by atoms with Crippen LogP contribution in [0, 0.1) is 0 Å². The van der Waals surface area contributed by atoms with Gasteiger partial charge in [0.2, 0.25) is 0 Å². The molecule has 0 radical (unpaired) electrons. The molecule has 1 aromatic heterocycles. The summed E-state index contributed by atoms with van der Waals surface area (Å²) >= 11 is 0. The van der Waals surface area contributed by atoms with E-state index in [0.717, 1.165) is 6.54 Å². The van der Waals surface area contributed by atoms with Crippen molar-refractivity contribution in [3.05, 3.63) is 35.5 Å². The quantitative estimate of drug-likeness (QED) is 0.931. The Morgan fingerprint density at radius 2 is 1.75 bits per heavy atom. The molecule has 3 nitrogen and oxygen atoms in total. The van der Waals surface area contributed by atoms with E-state index in [0.29, 0.717) is 6.54 Å². The molecule has 0 aliphatic carbocycles. The topological polar surface area (TPSA) is 34.2 Å². The molecule has 1 aliphatic heterocycles. The monoisotopic (exact) mass is 271 g/mol. The number of nitrogens with two attached hydrogens (primary N) is 1. The maximum Gasteiger partial charge on any atom is 0.0483 e. The number of aryl methyl sites for hydroxylation is 1. The van der Waals surface area contributed by atoms with Gasteiger partial charge in [-0.05, 0) is 37.6 Å². The van der Waals surface area contributed by atoms with Crippen LogP contribution in [-0.4, -0.2) is 22.6 Å².